The normalized spacial score (nSPS) is 13.5. The molecule has 2 aromatic carbocycles. The van der Waals surface area contributed by atoms with Gasteiger partial charge in [-0.05, 0) is 42.7 Å². The van der Waals surface area contributed by atoms with Gasteiger partial charge in [0.05, 0.1) is 17.2 Å². The lowest BCUT2D eigenvalue weighted by atomic mass is 10.1. The highest BCUT2D eigenvalue weighted by atomic mass is 16.2. The number of amides is 2. The molecule has 0 spiro atoms. The zero-order valence-electron chi connectivity index (χ0n) is 16.7. The van der Waals surface area contributed by atoms with Gasteiger partial charge in [0, 0.05) is 38.2 Å². The Kier molecular flexibility index (Phi) is 5.88. The average molecular weight is 404 g/mol. The lowest BCUT2D eigenvalue weighted by Crippen LogP contribution is -2.28. The van der Waals surface area contributed by atoms with Crippen LogP contribution in [0.25, 0.3) is 10.9 Å². The van der Waals surface area contributed by atoms with Crippen LogP contribution in [-0.4, -0.2) is 39.4 Å². The van der Waals surface area contributed by atoms with Crippen LogP contribution < -0.4 is 10.9 Å². The van der Waals surface area contributed by atoms with Crippen LogP contribution in [0.5, 0.6) is 0 Å². The van der Waals surface area contributed by atoms with Gasteiger partial charge in [-0.1, -0.05) is 24.3 Å². The Bertz CT molecular complexity index is 1130. The van der Waals surface area contributed by atoms with Crippen molar-refractivity contribution in [1.29, 1.82) is 0 Å². The highest BCUT2D eigenvalue weighted by molar-refractivity contribution is 5.94. The van der Waals surface area contributed by atoms with E-state index in [4.69, 9.17) is 0 Å². The van der Waals surface area contributed by atoms with Crippen LogP contribution in [0.3, 0.4) is 0 Å². The molecule has 0 radical (unpaired) electrons. The number of nitrogens with one attached hydrogen (secondary N) is 1. The maximum atomic E-state index is 12.5. The minimum atomic E-state index is -0.161. The Hall–Kier alpha value is -3.48. The van der Waals surface area contributed by atoms with E-state index in [1.165, 1.54) is 10.9 Å². The second kappa shape index (κ2) is 8.90. The molecule has 2 amide bonds. The molecule has 154 valence electrons. The van der Waals surface area contributed by atoms with Crippen molar-refractivity contribution in [3.63, 3.8) is 0 Å². The summed E-state index contributed by atoms with van der Waals surface area (Å²) >= 11 is 0. The summed E-state index contributed by atoms with van der Waals surface area (Å²) in [5.41, 5.74) is 2.02. The van der Waals surface area contributed by atoms with Crippen molar-refractivity contribution in [2.45, 2.75) is 32.4 Å². The second-order valence-corrected chi connectivity index (χ2v) is 7.49. The number of aryl methyl sites for hydroxylation is 1. The lowest BCUT2D eigenvalue weighted by Gasteiger charge is -2.15. The predicted octanol–water partition coefficient (Wildman–Crippen LogP) is 2.34. The molecule has 1 saturated heterocycles. The molecule has 1 aromatic heterocycles. The third kappa shape index (κ3) is 4.40. The van der Waals surface area contributed by atoms with Gasteiger partial charge in [0.2, 0.25) is 5.91 Å². The van der Waals surface area contributed by atoms with Gasteiger partial charge in [0.25, 0.3) is 11.5 Å². The molecule has 3 aromatic rings. The molecule has 0 atom stereocenters. The Balaban J connectivity index is 1.33. The third-order valence-corrected chi connectivity index (χ3v) is 5.37. The van der Waals surface area contributed by atoms with Crippen molar-refractivity contribution in [2.24, 2.45) is 0 Å². The summed E-state index contributed by atoms with van der Waals surface area (Å²) in [6.45, 7) is 2.21. The van der Waals surface area contributed by atoms with E-state index in [0.717, 1.165) is 31.5 Å². The Morgan fingerprint density at radius 3 is 2.67 bits per heavy atom. The van der Waals surface area contributed by atoms with Crippen molar-refractivity contribution < 1.29 is 9.59 Å². The smallest absolute Gasteiger partial charge is 0.261 e. The summed E-state index contributed by atoms with van der Waals surface area (Å²) < 4.78 is 1.46. The van der Waals surface area contributed by atoms with Gasteiger partial charge >= 0.3 is 0 Å². The van der Waals surface area contributed by atoms with Crippen molar-refractivity contribution >= 4 is 22.7 Å². The van der Waals surface area contributed by atoms with Gasteiger partial charge in [-0.25, -0.2) is 4.98 Å². The average Bonchev–Trinajstić information content (AvgIpc) is 3.32. The van der Waals surface area contributed by atoms with Crippen molar-refractivity contribution in [2.75, 3.05) is 13.1 Å². The molecule has 0 saturated carbocycles. The predicted molar refractivity (Wildman–Crippen MR) is 114 cm³/mol. The number of fused-ring (bicyclic) bond motifs is 1. The first-order valence-electron chi connectivity index (χ1n) is 10.2. The van der Waals surface area contributed by atoms with Gasteiger partial charge < -0.3 is 10.2 Å². The van der Waals surface area contributed by atoms with E-state index in [2.05, 4.69) is 10.3 Å². The SMILES string of the molecule is O=C(CCn1cnc2ccccc2c1=O)NCc1cccc(C(=O)N2CCCC2)c1. The second-order valence-electron chi connectivity index (χ2n) is 7.49. The van der Waals surface area contributed by atoms with Crippen molar-refractivity contribution in [3.8, 4) is 0 Å². The number of para-hydroxylation sites is 1. The Morgan fingerprint density at radius 1 is 1.03 bits per heavy atom. The van der Waals surface area contributed by atoms with E-state index < -0.39 is 0 Å². The molecule has 30 heavy (non-hydrogen) atoms. The van der Waals surface area contributed by atoms with E-state index in [1.54, 1.807) is 18.2 Å². The fourth-order valence-corrected chi connectivity index (χ4v) is 3.69. The first-order valence-corrected chi connectivity index (χ1v) is 10.2. The number of hydrogen-bond acceptors (Lipinski definition) is 4. The highest BCUT2D eigenvalue weighted by Crippen LogP contribution is 2.14. The van der Waals surface area contributed by atoms with Crippen LogP contribution in [0.2, 0.25) is 0 Å². The molecule has 0 unspecified atom stereocenters. The quantitative estimate of drug-likeness (QED) is 0.683. The molecule has 1 N–H and O–H groups in total. The van der Waals surface area contributed by atoms with Gasteiger partial charge in [0.1, 0.15) is 0 Å². The maximum absolute atomic E-state index is 12.5. The molecule has 0 aliphatic carbocycles. The number of carbonyl (C=O) groups is 2. The van der Waals surface area contributed by atoms with Crippen LogP contribution in [0.15, 0.2) is 59.7 Å². The molecular formula is C23H24N4O3. The van der Waals surface area contributed by atoms with E-state index in [0.29, 0.717) is 23.0 Å². The minimum Gasteiger partial charge on any atom is -0.352 e. The largest absolute Gasteiger partial charge is 0.352 e. The number of aromatic nitrogens is 2. The van der Waals surface area contributed by atoms with Gasteiger partial charge in [-0.3, -0.25) is 19.0 Å². The fraction of sp³-hybridized carbons (Fsp3) is 0.304. The number of benzene rings is 2. The molecule has 0 bridgehead atoms. The molecule has 4 rings (SSSR count). The molecule has 1 aliphatic rings. The van der Waals surface area contributed by atoms with Crippen LogP contribution in [0.1, 0.15) is 35.2 Å². The van der Waals surface area contributed by atoms with Crippen LogP contribution in [0, 0.1) is 0 Å². The third-order valence-electron chi connectivity index (χ3n) is 5.37. The topological polar surface area (TPSA) is 84.3 Å². The summed E-state index contributed by atoms with van der Waals surface area (Å²) in [7, 11) is 0. The zero-order chi connectivity index (χ0) is 20.9. The lowest BCUT2D eigenvalue weighted by molar-refractivity contribution is -0.121. The van der Waals surface area contributed by atoms with E-state index in [1.807, 2.05) is 35.2 Å². The Morgan fingerprint density at radius 2 is 1.83 bits per heavy atom. The molecule has 7 heteroatoms. The number of rotatable bonds is 6. The van der Waals surface area contributed by atoms with Crippen molar-refractivity contribution in [1.82, 2.24) is 19.8 Å². The van der Waals surface area contributed by atoms with E-state index >= 15 is 0 Å². The fourth-order valence-electron chi connectivity index (χ4n) is 3.69. The molecular weight excluding hydrogens is 380 g/mol. The summed E-state index contributed by atoms with van der Waals surface area (Å²) in [4.78, 5) is 43.4. The highest BCUT2D eigenvalue weighted by Gasteiger charge is 2.19. The van der Waals surface area contributed by atoms with Crippen LogP contribution in [-0.2, 0) is 17.9 Å². The van der Waals surface area contributed by atoms with E-state index in [9.17, 15) is 14.4 Å². The summed E-state index contributed by atoms with van der Waals surface area (Å²) in [5.74, 6) is -0.116. The first-order chi connectivity index (χ1) is 14.6. The first kappa shape index (κ1) is 19.8. The summed E-state index contributed by atoms with van der Waals surface area (Å²) in [6, 6.07) is 14.5. The number of likely N-dealkylation sites (tertiary alicyclic amines) is 1. The zero-order valence-corrected chi connectivity index (χ0v) is 16.7. The van der Waals surface area contributed by atoms with Crippen molar-refractivity contribution in [3.05, 3.63) is 76.3 Å². The Labute approximate surface area is 174 Å². The van der Waals surface area contributed by atoms with Crippen LogP contribution >= 0.6 is 0 Å². The molecule has 1 aliphatic heterocycles. The minimum absolute atomic E-state index is 0.0452. The van der Waals surface area contributed by atoms with Gasteiger partial charge in [-0.2, -0.15) is 0 Å². The van der Waals surface area contributed by atoms with Gasteiger partial charge in [0.15, 0.2) is 0 Å². The van der Waals surface area contributed by atoms with Gasteiger partial charge in [-0.15, -0.1) is 0 Å². The monoisotopic (exact) mass is 404 g/mol. The molecule has 7 nitrogen and oxygen atoms in total. The molecule has 1 fully saturated rings. The van der Waals surface area contributed by atoms with Crippen LogP contribution in [0.4, 0.5) is 0 Å². The standard InChI is InChI=1S/C23H24N4O3/c28-21(10-13-27-16-25-20-9-2-1-8-19(20)23(27)30)24-15-17-6-5-7-18(14-17)22(29)26-11-3-4-12-26/h1-2,5-9,14,16H,3-4,10-13,15H2,(H,24,28). The number of hydrogen-bond donors (Lipinski definition) is 1. The maximum Gasteiger partial charge on any atom is 0.261 e. The summed E-state index contributed by atoms with van der Waals surface area (Å²) in [5, 5.41) is 3.40. The number of nitrogens with zero attached hydrogens (tertiary/aromatic N) is 3. The molecule has 2 heterocycles. The summed E-state index contributed by atoms with van der Waals surface area (Å²) in [6.07, 6.45) is 3.76. The van der Waals surface area contributed by atoms with E-state index in [-0.39, 0.29) is 30.3 Å². The number of carbonyl (C=O) groups excluding carboxylic acids is 2.